The predicted octanol–water partition coefficient (Wildman–Crippen LogP) is 2.44. The molecule has 2 amide bonds. The van der Waals surface area contributed by atoms with Gasteiger partial charge in [-0.25, -0.2) is 4.79 Å². The second-order valence-electron chi connectivity index (χ2n) is 6.42. The van der Waals surface area contributed by atoms with Crippen molar-refractivity contribution in [3.63, 3.8) is 0 Å². The number of hydrogen-bond donors (Lipinski definition) is 1. The van der Waals surface area contributed by atoms with Crippen LogP contribution < -0.4 is 5.32 Å². The summed E-state index contributed by atoms with van der Waals surface area (Å²) in [4.78, 5) is 16.9. The lowest BCUT2D eigenvalue weighted by Crippen LogP contribution is -2.50. The summed E-state index contributed by atoms with van der Waals surface area (Å²) < 4.78 is 0. The Labute approximate surface area is 135 Å². The zero-order chi connectivity index (χ0) is 15.5. The van der Waals surface area contributed by atoms with Crippen LogP contribution in [0, 0.1) is 5.92 Å². The van der Waals surface area contributed by atoms with Gasteiger partial charge in [-0.1, -0.05) is 24.7 Å². The summed E-state index contributed by atoms with van der Waals surface area (Å²) in [6.07, 6.45) is 5.54. The third kappa shape index (κ3) is 3.41. The Morgan fingerprint density at radius 1 is 1.41 bits per heavy atom. The molecule has 7 heteroatoms. The number of unbranched alkanes of at least 4 members (excludes halogenated alkanes) is 1. The first-order valence-electron chi connectivity index (χ1n) is 8.26. The number of rotatable bonds is 4. The SMILES string of the molecule is CCCCc1nnc(NC(=O)N2CCC[C@H]3CN(C)C[C@H]32)s1. The molecule has 3 heterocycles. The van der Waals surface area contributed by atoms with Gasteiger partial charge in [-0.3, -0.25) is 5.32 Å². The van der Waals surface area contributed by atoms with Gasteiger partial charge in [-0.05, 0) is 32.2 Å². The van der Waals surface area contributed by atoms with Crippen LogP contribution in [0.15, 0.2) is 0 Å². The highest BCUT2D eigenvalue weighted by Gasteiger charge is 2.39. The van der Waals surface area contributed by atoms with Gasteiger partial charge in [0.2, 0.25) is 5.13 Å². The lowest BCUT2D eigenvalue weighted by atomic mass is 9.92. The maximum absolute atomic E-state index is 12.6. The topological polar surface area (TPSA) is 61.4 Å². The van der Waals surface area contributed by atoms with E-state index in [0.717, 1.165) is 50.3 Å². The summed E-state index contributed by atoms with van der Waals surface area (Å²) >= 11 is 1.50. The summed E-state index contributed by atoms with van der Waals surface area (Å²) in [6, 6.07) is 0.342. The van der Waals surface area contributed by atoms with E-state index in [1.165, 1.54) is 17.8 Å². The number of nitrogens with zero attached hydrogens (tertiary/aromatic N) is 4. The summed E-state index contributed by atoms with van der Waals surface area (Å²) in [5.74, 6) is 0.624. The first kappa shape index (κ1) is 15.7. The summed E-state index contributed by atoms with van der Waals surface area (Å²) in [6.45, 7) is 5.10. The Morgan fingerprint density at radius 2 is 2.27 bits per heavy atom. The van der Waals surface area contributed by atoms with E-state index in [2.05, 4.69) is 34.4 Å². The van der Waals surface area contributed by atoms with Gasteiger partial charge in [-0.15, -0.1) is 10.2 Å². The van der Waals surface area contributed by atoms with E-state index in [9.17, 15) is 4.79 Å². The number of piperidine rings is 1. The van der Waals surface area contributed by atoms with Gasteiger partial charge >= 0.3 is 6.03 Å². The van der Waals surface area contributed by atoms with Crippen molar-refractivity contribution in [1.82, 2.24) is 20.0 Å². The fourth-order valence-corrected chi connectivity index (χ4v) is 4.31. The largest absolute Gasteiger partial charge is 0.323 e. The monoisotopic (exact) mass is 323 g/mol. The van der Waals surface area contributed by atoms with Crippen LogP contribution in [-0.4, -0.2) is 58.8 Å². The van der Waals surface area contributed by atoms with Gasteiger partial charge in [0.25, 0.3) is 0 Å². The third-order valence-electron chi connectivity index (χ3n) is 4.65. The number of carbonyl (C=O) groups excluding carboxylic acids is 1. The average Bonchev–Trinajstić information content (AvgIpc) is 3.09. The summed E-state index contributed by atoms with van der Waals surface area (Å²) in [7, 11) is 2.14. The third-order valence-corrected chi connectivity index (χ3v) is 5.55. The summed E-state index contributed by atoms with van der Waals surface area (Å²) in [5, 5.41) is 12.8. The first-order valence-corrected chi connectivity index (χ1v) is 9.07. The molecule has 6 nitrogen and oxygen atoms in total. The van der Waals surface area contributed by atoms with Crippen molar-refractivity contribution in [1.29, 1.82) is 0 Å². The number of likely N-dealkylation sites (N-methyl/N-ethyl adjacent to an activating group) is 1. The van der Waals surface area contributed by atoms with E-state index >= 15 is 0 Å². The number of urea groups is 1. The number of anilines is 1. The highest BCUT2D eigenvalue weighted by atomic mass is 32.1. The van der Waals surface area contributed by atoms with E-state index < -0.39 is 0 Å². The van der Waals surface area contributed by atoms with Crippen molar-refractivity contribution in [2.75, 3.05) is 32.0 Å². The molecule has 0 spiro atoms. The van der Waals surface area contributed by atoms with Crippen LogP contribution in [0.3, 0.4) is 0 Å². The van der Waals surface area contributed by atoms with Crippen LogP contribution in [0.5, 0.6) is 0 Å². The highest BCUT2D eigenvalue weighted by molar-refractivity contribution is 7.15. The number of aromatic nitrogens is 2. The van der Waals surface area contributed by atoms with Crippen LogP contribution in [0.4, 0.5) is 9.93 Å². The molecule has 2 atom stereocenters. The number of fused-ring (bicyclic) bond motifs is 1. The molecule has 2 saturated heterocycles. The number of nitrogens with one attached hydrogen (secondary N) is 1. The fourth-order valence-electron chi connectivity index (χ4n) is 3.54. The zero-order valence-electron chi connectivity index (χ0n) is 13.4. The van der Waals surface area contributed by atoms with Crippen LogP contribution in [0.25, 0.3) is 0 Å². The van der Waals surface area contributed by atoms with Crippen molar-refractivity contribution in [3.8, 4) is 0 Å². The Balaban J connectivity index is 1.60. The van der Waals surface area contributed by atoms with E-state index in [4.69, 9.17) is 0 Å². The van der Waals surface area contributed by atoms with Crippen molar-refractivity contribution in [2.45, 2.75) is 45.1 Å². The molecule has 2 aliphatic rings. The molecule has 2 fully saturated rings. The average molecular weight is 323 g/mol. The Kier molecular flexibility index (Phi) is 4.93. The normalized spacial score (nSPS) is 25.3. The van der Waals surface area contributed by atoms with Crippen molar-refractivity contribution >= 4 is 22.5 Å². The molecule has 1 N–H and O–H groups in total. The van der Waals surface area contributed by atoms with Gasteiger partial charge in [-0.2, -0.15) is 0 Å². The Hall–Kier alpha value is -1.21. The van der Waals surface area contributed by atoms with Gasteiger partial charge in [0, 0.05) is 26.1 Å². The van der Waals surface area contributed by atoms with E-state index in [0.29, 0.717) is 17.1 Å². The number of hydrogen-bond acceptors (Lipinski definition) is 5. The quantitative estimate of drug-likeness (QED) is 0.924. The molecular weight excluding hydrogens is 298 g/mol. The van der Waals surface area contributed by atoms with Gasteiger partial charge in [0.1, 0.15) is 5.01 Å². The highest BCUT2D eigenvalue weighted by Crippen LogP contribution is 2.30. The standard InChI is InChI=1S/C15H25N5OS/c1-3-4-7-13-17-18-14(22-13)16-15(21)20-8-5-6-11-9-19(2)10-12(11)20/h11-12H,3-10H2,1-2H3,(H,16,18,21)/t11-,12+/m0/s1. The number of likely N-dealkylation sites (tertiary alicyclic amines) is 2. The lowest BCUT2D eigenvalue weighted by molar-refractivity contribution is 0.146. The minimum absolute atomic E-state index is 0.0109. The number of aryl methyl sites for hydroxylation is 1. The maximum atomic E-state index is 12.6. The second-order valence-corrected chi connectivity index (χ2v) is 7.48. The molecule has 1 aromatic heterocycles. The van der Waals surface area contributed by atoms with Crippen LogP contribution in [0.2, 0.25) is 0 Å². The zero-order valence-corrected chi connectivity index (χ0v) is 14.2. The molecule has 22 heavy (non-hydrogen) atoms. The Morgan fingerprint density at radius 3 is 3.09 bits per heavy atom. The van der Waals surface area contributed by atoms with Crippen molar-refractivity contribution < 1.29 is 4.79 Å². The smallest absolute Gasteiger partial charge is 0.320 e. The maximum Gasteiger partial charge on any atom is 0.323 e. The Bertz CT molecular complexity index is 520. The second kappa shape index (κ2) is 6.91. The molecular formula is C15H25N5OS. The fraction of sp³-hybridized carbons (Fsp3) is 0.800. The minimum Gasteiger partial charge on any atom is -0.320 e. The van der Waals surface area contributed by atoms with Gasteiger partial charge < -0.3 is 9.80 Å². The van der Waals surface area contributed by atoms with E-state index in [-0.39, 0.29) is 6.03 Å². The minimum atomic E-state index is -0.0109. The van der Waals surface area contributed by atoms with Crippen LogP contribution >= 0.6 is 11.3 Å². The number of carbonyl (C=O) groups is 1. The van der Waals surface area contributed by atoms with Crippen LogP contribution in [-0.2, 0) is 6.42 Å². The van der Waals surface area contributed by atoms with Gasteiger partial charge in [0.15, 0.2) is 0 Å². The predicted molar refractivity (Wildman–Crippen MR) is 88.3 cm³/mol. The van der Waals surface area contributed by atoms with E-state index in [1.54, 1.807) is 0 Å². The molecule has 0 aliphatic carbocycles. The van der Waals surface area contributed by atoms with Crippen LogP contribution in [0.1, 0.15) is 37.6 Å². The molecule has 3 rings (SSSR count). The van der Waals surface area contributed by atoms with E-state index in [1.807, 2.05) is 4.90 Å². The molecule has 0 unspecified atom stereocenters. The lowest BCUT2D eigenvalue weighted by Gasteiger charge is -2.36. The van der Waals surface area contributed by atoms with Crippen molar-refractivity contribution in [2.24, 2.45) is 5.92 Å². The number of amides is 2. The molecule has 0 saturated carbocycles. The molecule has 0 bridgehead atoms. The molecule has 122 valence electrons. The first-order chi connectivity index (χ1) is 10.7. The molecule has 1 aromatic rings. The molecule has 0 radical (unpaired) electrons. The summed E-state index contributed by atoms with van der Waals surface area (Å²) in [5.41, 5.74) is 0. The molecule has 2 aliphatic heterocycles. The molecule has 0 aromatic carbocycles. The van der Waals surface area contributed by atoms with Gasteiger partial charge in [0.05, 0.1) is 6.04 Å². The van der Waals surface area contributed by atoms with Crippen molar-refractivity contribution in [3.05, 3.63) is 5.01 Å².